The van der Waals surface area contributed by atoms with E-state index < -0.39 is 0 Å². The van der Waals surface area contributed by atoms with Crippen molar-refractivity contribution in [2.45, 2.75) is 0 Å². The first-order valence-corrected chi connectivity index (χ1v) is 22.8. The molecule has 8 heterocycles. The van der Waals surface area contributed by atoms with Gasteiger partial charge in [-0.15, -0.1) is 0 Å². The number of benzene rings is 6. The molecule has 70 heavy (non-hydrogen) atoms. The molecule has 0 saturated carbocycles. The molecule has 0 N–H and O–H groups in total. The number of nitrogens with zero attached hydrogens (tertiary/aromatic N) is 12. The van der Waals surface area contributed by atoms with Gasteiger partial charge in [-0.2, -0.15) is 9.97 Å². The maximum Gasteiger partial charge on any atom is 0.238 e. The Morgan fingerprint density at radius 3 is 1.29 bits per heavy atom. The summed E-state index contributed by atoms with van der Waals surface area (Å²) in [5.74, 6) is 3.17. The molecule has 6 aromatic carbocycles. The van der Waals surface area contributed by atoms with Gasteiger partial charge in [0, 0.05) is 79.8 Å². The lowest BCUT2D eigenvalue weighted by molar-refractivity contribution is 0.952. The van der Waals surface area contributed by atoms with Crippen molar-refractivity contribution in [1.29, 1.82) is 0 Å². The molecule has 0 fully saturated rings. The quantitative estimate of drug-likeness (QED) is 0.152. The molecule has 12 nitrogen and oxygen atoms in total. The summed E-state index contributed by atoms with van der Waals surface area (Å²) in [7, 11) is 0. The summed E-state index contributed by atoms with van der Waals surface area (Å²) < 4.78 is 4.47. The van der Waals surface area contributed by atoms with Crippen LogP contribution in [0.1, 0.15) is 0 Å². The Morgan fingerprint density at radius 1 is 0.271 bits per heavy atom. The van der Waals surface area contributed by atoms with E-state index in [0.717, 1.165) is 88.1 Å². The SMILES string of the molecule is c1ccc(-c2nc(-c3ccccc3)nc(-c3cccc(-n4c5ccccc5c5cc6c(cc54)c4ccccc4n6-c4nc(-c5cnc6cccnc6c5)nc(-c5cnc6cccnc6c5)n4)c3)n2)cc1. The minimum atomic E-state index is 0.450. The number of fused-ring (bicyclic) bond motifs is 8. The van der Waals surface area contributed by atoms with Gasteiger partial charge in [0.15, 0.2) is 29.1 Å². The zero-order valence-electron chi connectivity index (χ0n) is 37.0. The van der Waals surface area contributed by atoms with Crippen LogP contribution in [-0.4, -0.2) is 59.0 Å². The summed E-state index contributed by atoms with van der Waals surface area (Å²) in [6.07, 6.45) is 7.10. The van der Waals surface area contributed by atoms with Crippen LogP contribution in [0.4, 0.5) is 0 Å². The monoisotopic (exact) mass is 898 g/mol. The van der Waals surface area contributed by atoms with Crippen molar-refractivity contribution in [3.8, 4) is 68.6 Å². The number of hydrogen-bond acceptors (Lipinski definition) is 10. The molecule has 0 amide bonds. The van der Waals surface area contributed by atoms with Gasteiger partial charge in [0.25, 0.3) is 0 Å². The Labute approximate surface area is 398 Å². The zero-order chi connectivity index (χ0) is 46.1. The van der Waals surface area contributed by atoms with E-state index in [-0.39, 0.29) is 0 Å². The smallest absolute Gasteiger partial charge is 0.238 e. The summed E-state index contributed by atoms with van der Waals surface area (Å²) in [6.45, 7) is 0. The molecule has 12 heteroatoms. The van der Waals surface area contributed by atoms with Crippen LogP contribution in [0.15, 0.2) is 207 Å². The van der Waals surface area contributed by atoms with Crippen LogP contribution in [0, 0.1) is 0 Å². The normalized spacial score (nSPS) is 11.7. The number of para-hydroxylation sites is 2. The fourth-order valence-corrected chi connectivity index (χ4v) is 9.52. The molecule has 8 aromatic heterocycles. The maximum atomic E-state index is 5.24. The van der Waals surface area contributed by atoms with Crippen molar-refractivity contribution in [2.75, 3.05) is 0 Å². The molecule has 14 rings (SSSR count). The van der Waals surface area contributed by atoms with Crippen LogP contribution in [-0.2, 0) is 0 Å². The van der Waals surface area contributed by atoms with Crippen LogP contribution < -0.4 is 0 Å². The van der Waals surface area contributed by atoms with Gasteiger partial charge in [-0.3, -0.25) is 24.5 Å². The average Bonchev–Trinajstić information content (AvgIpc) is 3.94. The van der Waals surface area contributed by atoms with E-state index in [1.807, 2.05) is 103 Å². The number of aromatic nitrogens is 12. The molecule has 0 bridgehead atoms. The van der Waals surface area contributed by atoms with Crippen LogP contribution in [0.3, 0.4) is 0 Å². The third kappa shape index (κ3) is 6.54. The van der Waals surface area contributed by atoms with Gasteiger partial charge >= 0.3 is 0 Å². The zero-order valence-corrected chi connectivity index (χ0v) is 37.0. The molecular formula is C58H34N12. The van der Waals surface area contributed by atoms with Gasteiger partial charge in [-0.25, -0.2) is 19.9 Å². The Morgan fingerprint density at radius 2 is 0.729 bits per heavy atom. The second kappa shape index (κ2) is 15.9. The standard InChI is InChI=1S/C58H34N12/c1-3-14-35(15-4-1)53-63-54(36-16-5-2-6-17-36)65-55(64-53)37-18-11-19-40(28-37)69-49-24-9-7-20-41(49)43-32-52-44(31-51(43)69)42-21-8-10-25-50(42)70(52)58-67-56(38-29-47-45(61-33-38)22-12-26-59-47)66-57(68-58)39-30-48-46(62-34-39)23-13-27-60-48/h1-34H. The lowest BCUT2D eigenvalue weighted by Gasteiger charge is -2.12. The highest BCUT2D eigenvalue weighted by atomic mass is 15.2. The average molecular weight is 899 g/mol. The molecule has 0 radical (unpaired) electrons. The van der Waals surface area contributed by atoms with E-state index in [1.165, 1.54) is 0 Å². The van der Waals surface area contributed by atoms with Crippen molar-refractivity contribution in [3.05, 3.63) is 207 Å². The fourth-order valence-electron chi connectivity index (χ4n) is 9.52. The molecule has 14 aromatic rings. The fraction of sp³-hybridized carbons (Fsp3) is 0. The molecule has 0 unspecified atom stereocenters. The Bertz CT molecular complexity index is 4220. The van der Waals surface area contributed by atoms with E-state index in [1.54, 1.807) is 24.8 Å². The van der Waals surface area contributed by atoms with Gasteiger partial charge < -0.3 is 4.57 Å². The second-order valence-corrected chi connectivity index (χ2v) is 17.0. The molecule has 326 valence electrons. The van der Waals surface area contributed by atoms with Gasteiger partial charge in [-0.1, -0.05) is 109 Å². The largest absolute Gasteiger partial charge is 0.309 e. The van der Waals surface area contributed by atoms with Crippen LogP contribution in [0.2, 0.25) is 0 Å². The third-order valence-corrected chi connectivity index (χ3v) is 12.8. The van der Waals surface area contributed by atoms with Crippen LogP contribution >= 0.6 is 0 Å². The highest BCUT2D eigenvalue weighted by Gasteiger charge is 2.22. The van der Waals surface area contributed by atoms with Crippen molar-refractivity contribution in [1.82, 2.24) is 59.0 Å². The highest BCUT2D eigenvalue weighted by Crippen LogP contribution is 2.40. The molecule has 0 spiro atoms. The lowest BCUT2D eigenvalue weighted by atomic mass is 10.1. The molecular weight excluding hydrogens is 865 g/mol. The van der Waals surface area contributed by atoms with Crippen molar-refractivity contribution in [3.63, 3.8) is 0 Å². The molecule has 0 aliphatic rings. The molecule has 0 aliphatic heterocycles. The van der Waals surface area contributed by atoms with Crippen molar-refractivity contribution >= 4 is 65.7 Å². The van der Waals surface area contributed by atoms with E-state index >= 15 is 0 Å². The molecule has 0 atom stereocenters. The number of hydrogen-bond donors (Lipinski definition) is 0. The molecule has 0 aliphatic carbocycles. The summed E-state index contributed by atoms with van der Waals surface area (Å²) in [4.78, 5) is 49.3. The maximum absolute atomic E-state index is 5.24. The Hall–Kier alpha value is -9.94. The summed E-state index contributed by atoms with van der Waals surface area (Å²) >= 11 is 0. The number of pyridine rings is 4. The topological polar surface area (TPSA) is 139 Å². The Kier molecular flexibility index (Phi) is 8.89. The summed E-state index contributed by atoms with van der Waals surface area (Å²) in [5.41, 5.74) is 12.1. The van der Waals surface area contributed by atoms with Crippen LogP contribution in [0.5, 0.6) is 0 Å². The predicted molar refractivity (Wildman–Crippen MR) is 275 cm³/mol. The predicted octanol–water partition coefficient (Wildman–Crippen LogP) is 12.5. The number of rotatable bonds is 7. The molecule has 0 saturated heterocycles. The van der Waals surface area contributed by atoms with Gasteiger partial charge in [0.2, 0.25) is 5.95 Å². The second-order valence-electron chi connectivity index (χ2n) is 17.0. The van der Waals surface area contributed by atoms with E-state index in [9.17, 15) is 0 Å². The first-order valence-electron chi connectivity index (χ1n) is 22.8. The van der Waals surface area contributed by atoms with Gasteiger partial charge in [-0.05, 0) is 72.8 Å². The summed E-state index contributed by atoms with van der Waals surface area (Å²) in [6, 6.07) is 61.6. The van der Waals surface area contributed by atoms with Crippen molar-refractivity contribution < 1.29 is 0 Å². The van der Waals surface area contributed by atoms with E-state index in [4.69, 9.17) is 39.9 Å². The first kappa shape index (κ1) is 39.2. The third-order valence-electron chi connectivity index (χ3n) is 12.8. The Balaban J connectivity index is 0.981. The summed E-state index contributed by atoms with van der Waals surface area (Å²) in [5, 5.41) is 4.26. The minimum Gasteiger partial charge on any atom is -0.309 e. The van der Waals surface area contributed by atoms with E-state index in [2.05, 4.69) is 98.0 Å². The highest BCUT2D eigenvalue weighted by molar-refractivity contribution is 6.19. The van der Waals surface area contributed by atoms with Crippen molar-refractivity contribution in [2.24, 2.45) is 0 Å². The first-order chi connectivity index (χ1) is 34.7. The lowest BCUT2D eigenvalue weighted by Crippen LogP contribution is -2.07. The van der Waals surface area contributed by atoms with Gasteiger partial charge in [0.05, 0.1) is 44.1 Å². The van der Waals surface area contributed by atoms with E-state index in [0.29, 0.717) is 46.2 Å². The van der Waals surface area contributed by atoms with Gasteiger partial charge in [0.1, 0.15) is 0 Å². The minimum absolute atomic E-state index is 0.450. The van der Waals surface area contributed by atoms with Crippen LogP contribution in [0.25, 0.3) is 134 Å².